The van der Waals surface area contributed by atoms with Gasteiger partial charge in [0.25, 0.3) is 0 Å². The van der Waals surface area contributed by atoms with Crippen molar-refractivity contribution in [1.82, 2.24) is 10.2 Å². The van der Waals surface area contributed by atoms with Crippen LogP contribution in [0, 0.1) is 23.7 Å². The highest BCUT2D eigenvalue weighted by atomic mass is 16.5. The molecule has 1 aromatic carbocycles. The zero-order valence-corrected chi connectivity index (χ0v) is 16.5. The first-order valence-corrected chi connectivity index (χ1v) is 10.3. The second-order valence-electron chi connectivity index (χ2n) is 8.26. The van der Waals surface area contributed by atoms with Gasteiger partial charge >= 0.3 is 0 Å². The zero-order valence-electron chi connectivity index (χ0n) is 16.5. The molecule has 3 fully saturated rings. The third-order valence-electron chi connectivity index (χ3n) is 6.84. The van der Waals surface area contributed by atoms with Crippen LogP contribution in [0.25, 0.3) is 0 Å². The second-order valence-corrected chi connectivity index (χ2v) is 8.26. The summed E-state index contributed by atoms with van der Waals surface area (Å²) in [5.41, 5.74) is 1.01. The van der Waals surface area contributed by atoms with E-state index in [4.69, 9.17) is 4.74 Å². The van der Waals surface area contributed by atoms with Crippen molar-refractivity contribution in [3.05, 3.63) is 29.8 Å². The highest BCUT2D eigenvalue weighted by Gasteiger charge is 2.60. The van der Waals surface area contributed by atoms with Crippen molar-refractivity contribution in [1.29, 1.82) is 0 Å². The Morgan fingerprint density at radius 3 is 2.29 bits per heavy atom. The monoisotopic (exact) mass is 384 g/mol. The second kappa shape index (κ2) is 7.57. The Hall–Kier alpha value is -2.37. The maximum absolute atomic E-state index is 12.7. The molecule has 6 nitrogen and oxygen atoms in total. The summed E-state index contributed by atoms with van der Waals surface area (Å²) in [7, 11) is 1.62. The molecule has 1 N–H and O–H groups in total. The molecule has 1 saturated heterocycles. The Balaban J connectivity index is 1.34. The van der Waals surface area contributed by atoms with Crippen LogP contribution in [0.3, 0.4) is 0 Å². The summed E-state index contributed by atoms with van der Waals surface area (Å²) < 4.78 is 5.17. The van der Waals surface area contributed by atoms with Crippen molar-refractivity contribution in [2.24, 2.45) is 23.7 Å². The Morgan fingerprint density at radius 2 is 1.75 bits per heavy atom. The van der Waals surface area contributed by atoms with Crippen molar-refractivity contribution in [3.63, 3.8) is 0 Å². The lowest BCUT2D eigenvalue weighted by Crippen LogP contribution is -2.37. The normalized spacial score (nSPS) is 29.1. The van der Waals surface area contributed by atoms with Gasteiger partial charge < -0.3 is 10.1 Å². The van der Waals surface area contributed by atoms with E-state index in [1.165, 1.54) is 4.90 Å². The highest BCUT2D eigenvalue weighted by molar-refractivity contribution is 6.06. The summed E-state index contributed by atoms with van der Waals surface area (Å²) >= 11 is 0. The molecule has 28 heavy (non-hydrogen) atoms. The van der Waals surface area contributed by atoms with Gasteiger partial charge in [-0.15, -0.1) is 0 Å². The van der Waals surface area contributed by atoms with E-state index >= 15 is 0 Å². The van der Waals surface area contributed by atoms with E-state index in [1.54, 1.807) is 7.11 Å². The molecule has 3 amide bonds. The minimum absolute atomic E-state index is 0.0443. The van der Waals surface area contributed by atoms with Crippen LogP contribution in [0.15, 0.2) is 24.3 Å². The first-order valence-electron chi connectivity index (χ1n) is 10.3. The first kappa shape index (κ1) is 19.0. The number of fused-ring (bicyclic) bond motifs is 5. The molecular formula is C22H28N2O4. The number of carbonyl (C=O) groups is 3. The summed E-state index contributed by atoms with van der Waals surface area (Å²) in [6.45, 7) is 2.20. The molecule has 0 spiro atoms. The van der Waals surface area contributed by atoms with Gasteiger partial charge in [0.15, 0.2) is 0 Å². The van der Waals surface area contributed by atoms with Crippen LogP contribution in [0.5, 0.6) is 5.75 Å². The van der Waals surface area contributed by atoms with Crippen molar-refractivity contribution >= 4 is 17.7 Å². The van der Waals surface area contributed by atoms with Crippen molar-refractivity contribution in [2.45, 2.75) is 45.1 Å². The molecule has 4 rings (SSSR count). The summed E-state index contributed by atoms with van der Waals surface area (Å²) in [5, 5.41) is 3.03. The van der Waals surface area contributed by atoms with Crippen LogP contribution >= 0.6 is 0 Å². The number of hydrogen-bond acceptors (Lipinski definition) is 4. The largest absolute Gasteiger partial charge is 0.497 e. The van der Waals surface area contributed by atoms with E-state index in [1.807, 2.05) is 31.2 Å². The highest BCUT2D eigenvalue weighted by Crippen LogP contribution is 2.56. The van der Waals surface area contributed by atoms with E-state index in [9.17, 15) is 14.4 Å². The van der Waals surface area contributed by atoms with Crippen LogP contribution in [0.4, 0.5) is 0 Å². The molecule has 1 aromatic rings. The van der Waals surface area contributed by atoms with Crippen LogP contribution in [0.2, 0.25) is 0 Å². The lowest BCUT2D eigenvalue weighted by molar-refractivity contribution is -0.141. The zero-order chi connectivity index (χ0) is 19.8. The lowest BCUT2D eigenvalue weighted by atomic mass is 9.81. The summed E-state index contributed by atoms with van der Waals surface area (Å²) in [6, 6.07) is 7.53. The van der Waals surface area contributed by atoms with Gasteiger partial charge in [-0.3, -0.25) is 19.3 Å². The quantitative estimate of drug-likeness (QED) is 0.734. The van der Waals surface area contributed by atoms with E-state index in [0.717, 1.165) is 37.0 Å². The molecule has 5 atom stereocenters. The lowest BCUT2D eigenvalue weighted by Gasteiger charge is -2.20. The maximum Gasteiger partial charge on any atom is 0.233 e. The minimum Gasteiger partial charge on any atom is -0.497 e. The molecule has 2 aliphatic carbocycles. The fraction of sp³-hybridized carbons (Fsp3) is 0.591. The number of rotatable bonds is 7. The molecule has 6 heteroatoms. The SMILES string of the molecule is CC[C@H](NC(=O)CCN1C(=O)[C@H]2[C@H]3CC[C@@H](C3)[C@@H]2C1=O)c1ccc(OC)cc1. The first-order chi connectivity index (χ1) is 13.5. The molecule has 2 bridgehead atoms. The molecule has 2 saturated carbocycles. The molecule has 3 aliphatic rings. The summed E-state index contributed by atoms with van der Waals surface area (Å²) in [4.78, 5) is 39.3. The van der Waals surface area contributed by atoms with Gasteiger partial charge in [0, 0.05) is 13.0 Å². The molecular weight excluding hydrogens is 356 g/mol. The third-order valence-corrected chi connectivity index (χ3v) is 6.84. The Kier molecular flexibility index (Phi) is 5.13. The van der Waals surface area contributed by atoms with Gasteiger partial charge in [-0.25, -0.2) is 0 Å². The van der Waals surface area contributed by atoms with Crippen LogP contribution < -0.4 is 10.1 Å². The predicted octanol–water partition coefficient (Wildman–Crippen LogP) is 2.68. The average molecular weight is 384 g/mol. The third kappa shape index (κ3) is 3.19. The van der Waals surface area contributed by atoms with E-state index in [0.29, 0.717) is 11.8 Å². The number of carbonyl (C=O) groups excluding carboxylic acids is 3. The molecule has 0 unspecified atom stereocenters. The molecule has 1 heterocycles. The number of benzene rings is 1. The van der Waals surface area contributed by atoms with Crippen LogP contribution in [-0.2, 0) is 14.4 Å². The number of ether oxygens (including phenoxy) is 1. The number of methoxy groups -OCH3 is 1. The number of imide groups is 1. The van der Waals surface area contributed by atoms with E-state index in [2.05, 4.69) is 5.32 Å². The Morgan fingerprint density at radius 1 is 1.14 bits per heavy atom. The van der Waals surface area contributed by atoms with Crippen molar-refractivity contribution < 1.29 is 19.1 Å². The standard InChI is InChI=1S/C22H28N2O4/c1-3-17(13-6-8-16(28-2)9-7-13)23-18(25)10-11-24-21(26)19-14-4-5-15(12-14)20(19)22(24)27/h6-9,14-15,17,19-20H,3-5,10-12H2,1-2H3,(H,23,25)/t14-,15-,17-,19-,20-/m0/s1. The van der Waals surface area contributed by atoms with Crippen LogP contribution in [0.1, 0.15) is 50.6 Å². The van der Waals surface area contributed by atoms with Gasteiger partial charge in [-0.1, -0.05) is 19.1 Å². The minimum atomic E-state index is -0.136. The number of nitrogens with zero attached hydrogens (tertiary/aromatic N) is 1. The summed E-state index contributed by atoms with van der Waals surface area (Å²) in [6.07, 6.45) is 4.08. The van der Waals surface area contributed by atoms with Gasteiger partial charge in [-0.2, -0.15) is 0 Å². The number of nitrogens with one attached hydrogen (secondary N) is 1. The molecule has 0 radical (unpaired) electrons. The van der Waals surface area contributed by atoms with Gasteiger partial charge in [0.05, 0.1) is 25.0 Å². The number of amides is 3. The summed E-state index contributed by atoms with van der Waals surface area (Å²) in [5.74, 6) is 1.08. The predicted molar refractivity (Wildman–Crippen MR) is 103 cm³/mol. The molecule has 150 valence electrons. The van der Waals surface area contributed by atoms with E-state index < -0.39 is 0 Å². The maximum atomic E-state index is 12.7. The van der Waals surface area contributed by atoms with Gasteiger partial charge in [0.1, 0.15) is 5.75 Å². The van der Waals surface area contributed by atoms with Crippen molar-refractivity contribution in [3.8, 4) is 5.75 Å². The number of likely N-dealkylation sites (tertiary alicyclic amines) is 1. The fourth-order valence-electron chi connectivity index (χ4n) is 5.43. The smallest absolute Gasteiger partial charge is 0.233 e. The van der Waals surface area contributed by atoms with Gasteiger partial charge in [0.2, 0.25) is 17.7 Å². The molecule has 0 aromatic heterocycles. The molecule has 1 aliphatic heterocycles. The van der Waals surface area contributed by atoms with Crippen LogP contribution in [-0.4, -0.2) is 36.3 Å². The number of hydrogen-bond donors (Lipinski definition) is 1. The topological polar surface area (TPSA) is 75.7 Å². The Labute approximate surface area is 165 Å². The van der Waals surface area contributed by atoms with Crippen molar-refractivity contribution in [2.75, 3.05) is 13.7 Å². The Bertz CT molecular complexity index is 747. The van der Waals surface area contributed by atoms with E-state index in [-0.39, 0.29) is 48.6 Å². The van der Waals surface area contributed by atoms with Gasteiger partial charge in [-0.05, 0) is 55.2 Å². The fourth-order valence-corrected chi connectivity index (χ4v) is 5.43. The average Bonchev–Trinajstić information content (AvgIpc) is 3.39.